The molecule has 19 heavy (non-hydrogen) atoms. The van der Waals surface area contributed by atoms with E-state index in [9.17, 15) is 0 Å². The van der Waals surface area contributed by atoms with Crippen molar-refractivity contribution in [1.29, 1.82) is 0 Å². The van der Waals surface area contributed by atoms with Crippen LogP contribution in [0.25, 0.3) is 10.9 Å². The topological polar surface area (TPSA) is 42.1 Å². The molecule has 3 nitrogen and oxygen atoms in total. The van der Waals surface area contributed by atoms with Crippen LogP contribution in [-0.2, 0) is 0 Å². The van der Waals surface area contributed by atoms with Crippen LogP contribution in [0.15, 0.2) is 28.9 Å². The van der Waals surface area contributed by atoms with Crippen molar-refractivity contribution < 1.29 is 0 Å². The van der Waals surface area contributed by atoms with Crippen molar-refractivity contribution >= 4 is 38.2 Å². The highest BCUT2D eigenvalue weighted by atomic mass is 79.9. The van der Waals surface area contributed by atoms with Crippen LogP contribution in [0.5, 0.6) is 0 Å². The van der Waals surface area contributed by atoms with Crippen LogP contribution in [0.2, 0.25) is 0 Å². The number of fused-ring (bicyclic) bond motifs is 1. The largest absolute Gasteiger partial charge is 0.398 e. The Hall–Kier alpha value is -1.29. The second-order valence-electron chi connectivity index (χ2n) is 4.77. The normalized spacial score (nSPS) is 12.6. The molecule has 4 heteroatoms. The lowest BCUT2D eigenvalue weighted by Gasteiger charge is -2.30. The van der Waals surface area contributed by atoms with Gasteiger partial charge in [0.15, 0.2) is 0 Å². The number of benzene rings is 1. The van der Waals surface area contributed by atoms with Gasteiger partial charge >= 0.3 is 0 Å². The molecule has 0 saturated carbocycles. The summed E-state index contributed by atoms with van der Waals surface area (Å²) in [6, 6.07) is 6.57. The first-order chi connectivity index (χ1) is 9.08. The standard InChI is InChI=1S/C15H20BrN3/c1-4-10(3)19(5-2)14-7-6-13(17)12-8-11(16)9-18-15(12)14/h6-10H,4-5,17H2,1-3H3. The van der Waals surface area contributed by atoms with Gasteiger partial charge in [-0.25, -0.2) is 0 Å². The van der Waals surface area contributed by atoms with Crippen molar-refractivity contribution in [1.82, 2.24) is 4.98 Å². The number of nitrogens with two attached hydrogens (primary N) is 1. The minimum Gasteiger partial charge on any atom is -0.398 e. The molecule has 1 aromatic heterocycles. The molecule has 0 aliphatic carbocycles. The monoisotopic (exact) mass is 321 g/mol. The summed E-state index contributed by atoms with van der Waals surface area (Å²) in [4.78, 5) is 6.94. The summed E-state index contributed by atoms with van der Waals surface area (Å²) >= 11 is 3.46. The maximum Gasteiger partial charge on any atom is 0.0956 e. The third-order valence-corrected chi connectivity index (χ3v) is 4.04. The van der Waals surface area contributed by atoms with Crippen LogP contribution >= 0.6 is 15.9 Å². The third kappa shape index (κ3) is 2.68. The molecule has 1 unspecified atom stereocenters. The molecule has 2 aromatic rings. The molecule has 0 aliphatic heterocycles. The van der Waals surface area contributed by atoms with E-state index in [-0.39, 0.29) is 0 Å². The molecule has 0 spiro atoms. The zero-order valence-electron chi connectivity index (χ0n) is 11.7. The molecule has 0 fully saturated rings. The van der Waals surface area contributed by atoms with Crippen molar-refractivity contribution in [3.05, 3.63) is 28.9 Å². The summed E-state index contributed by atoms with van der Waals surface area (Å²) in [6.07, 6.45) is 2.94. The van der Waals surface area contributed by atoms with Gasteiger partial charge in [0.25, 0.3) is 0 Å². The van der Waals surface area contributed by atoms with E-state index in [4.69, 9.17) is 5.73 Å². The maximum atomic E-state index is 6.06. The summed E-state index contributed by atoms with van der Waals surface area (Å²) < 4.78 is 0.954. The van der Waals surface area contributed by atoms with Crippen molar-refractivity contribution in [2.75, 3.05) is 17.2 Å². The van der Waals surface area contributed by atoms with Gasteiger partial charge in [-0.2, -0.15) is 0 Å². The highest BCUT2D eigenvalue weighted by molar-refractivity contribution is 9.10. The lowest BCUT2D eigenvalue weighted by Crippen LogP contribution is -2.32. The number of nitrogen functional groups attached to an aromatic ring is 1. The lowest BCUT2D eigenvalue weighted by molar-refractivity contribution is 0.631. The number of nitrogens with zero attached hydrogens (tertiary/aromatic N) is 2. The van der Waals surface area contributed by atoms with Crippen molar-refractivity contribution in [2.24, 2.45) is 0 Å². The Balaban J connectivity index is 2.64. The summed E-state index contributed by atoms with van der Waals surface area (Å²) in [5.41, 5.74) is 8.97. The molecule has 2 N–H and O–H groups in total. The number of anilines is 2. The maximum absolute atomic E-state index is 6.06. The molecule has 0 saturated heterocycles. The van der Waals surface area contributed by atoms with E-state index < -0.39 is 0 Å². The highest BCUT2D eigenvalue weighted by Crippen LogP contribution is 2.32. The SMILES string of the molecule is CCC(C)N(CC)c1ccc(N)c2cc(Br)cnc12. The van der Waals surface area contributed by atoms with E-state index in [0.29, 0.717) is 6.04 Å². The minimum absolute atomic E-state index is 0.488. The number of halogens is 1. The second-order valence-corrected chi connectivity index (χ2v) is 5.68. The van der Waals surface area contributed by atoms with E-state index in [1.54, 1.807) is 0 Å². The fraction of sp³-hybridized carbons (Fsp3) is 0.400. The van der Waals surface area contributed by atoms with Gasteiger partial charge < -0.3 is 10.6 Å². The Morgan fingerprint density at radius 2 is 2.11 bits per heavy atom. The first-order valence-electron chi connectivity index (χ1n) is 6.68. The minimum atomic E-state index is 0.488. The van der Waals surface area contributed by atoms with Crippen molar-refractivity contribution in [2.45, 2.75) is 33.2 Å². The smallest absolute Gasteiger partial charge is 0.0956 e. The molecule has 0 amide bonds. The van der Waals surface area contributed by atoms with Crippen LogP contribution in [0.3, 0.4) is 0 Å². The van der Waals surface area contributed by atoms with E-state index in [0.717, 1.165) is 39.7 Å². The van der Waals surface area contributed by atoms with Gasteiger partial charge in [0.2, 0.25) is 0 Å². The summed E-state index contributed by atoms with van der Waals surface area (Å²) in [7, 11) is 0. The fourth-order valence-corrected chi connectivity index (χ4v) is 2.70. The predicted molar refractivity (Wildman–Crippen MR) is 86.6 cm³/mol. The first-order valence-corrected chi connectivity index (χ1v) is 7.48. The van der Waals surface area contributed by atoms with Gasteiger partial charge in [0, 0.05) is 34.3 Å². The Morgan fingerprint density at radius 1 is 1.37 bits per heavy atom. The zero-order chi connectivity index (χ0) is 14.0. The Labute approximate surface area is 122 Å². The van der Waals surface area contributed by atoms with Crippen LogP contribution < -0.4 is 10.6 Å². The molecule has 0 bridgehead atoms. The fourth-order valence-electron chi connectivity index (χ4n) is 2.37. The number of pyridine rings is 1. The number of hydrogen-bond donors (Lipinski definition) is 1. The van der Waals surface area contributed by atoms with E-state index in [1.165, 1.54) is 0 Å². The molecular formula is C15H20BrN3. The summed E-state index contributed by atoms with van der Waals surface area (Å²) in [5.74, 6) is 0. The van der Waals surface area contributed by atoms with Crippen LogP contribution in [0, 0.1) is 0 Å². The van der Waals surface area contributed by atoms with Crippen LogP contribution in [0.1, 0.15) is 27.2 Å². The molecule has 102 valence electrons. The average Bonchev–Trinajstić information content (AvgIpc) is 2.42. The molecule has 0 aliphatic rings. The number of hydrogen-bond acceptors (Lipinski definition) is 3. The first kappa shape index (κ1) is 14.1. The highest BCUT2D eigenvalue weighted by Gasteiger charge is 2.15. The van der Waals surface area contributed by atoms with E-state index >= 15 is 0 Å². The molecule has 1 heterocycles. The Morgan fingerprint density at radius 3 is 2.74 bits per heavy atom. The predicted octanol–water partition coefficient (Wildman–Crippen LogP) is 4.20. The number of rotatable bonds is 4. The molecular weight excluding hydrogens is 302 g/mol. The molecule has 2 rings (SSSR count). The van der Waals surface area contributed by atoms with E-state index in [1.807, 2.05) is 18.3 Å². The molecule has 0 radical (unpaired) electrons. The van der Waals surface area contributed by atoms with Gasteiger partial charge in [-0.3, -0.25) is 4.98 Å². The Kier molecular flexibility index (Phi) is 4.30. The van der Waals surface area contributed by atoms with Gasteiger partial charge in [-0.1, -0.05) is 6.92 Å². The van der Waals surface area contributed by atoms with Gasteiger partial charge in [0.1, 0.15) is 0 Å². The zero-order valence-corrected chi connectivity index (χ0v) is 13.2. The van der Waals surface area contributed by atoms with Crippen molar-refractivity contribution in [3.63, 3.8) is 0 Å². The summed E-state index contributed by atoms with van der Waals surface area (Å²) in [6.45, 7) is 7.58. The quantitative estimate of drug-likeness (QED) is 0.858. The van der Waals surface area contributed by atoms with Gasteiger partial charge in [-0.05, 0) is 54.4 Å². The van der Waals surface area contributed by atoms with Crippen molar-refractivity contribution in [3.8, 4) is 0 Å². The van der Waals surface area contributed by atoms with E-state index in [2.05, 4.69) is 52.7 Å². The van der Waals surface area contributed by atoms with Crippen LogP contribution in [0.4, 0.5) is 11.4 Å². The average molecular weight is 322 g/mol. The molecule has 1 aromatic carbocycles. The Bertz CT molecular complexity index is 583. The third-order valence-electron chi connectivity index (χ3n) is 3.60. The number of aromatic nitrogens is 1. The second kappa shape index (κ2) is 5.78. The van der Waals surface area contributed by atoms with Crippen LogP contribution in [-0.4, -0.2) is 17.6 Å². The lowest BCUT2D eigenvalue weighted by atomic mass is 10.1. The summed E-state index contributed by atoms with van der Waals surface area (Å²) in [5, 5.41) is 1.01. The van der Waals surface area contributed by atoms with Gasteiger partial charge in [0.05, 0.1) is 11.2 Å². The molecule has 1 atom stereocenters. The van der Waals surface area contributed by atoms with Gasteiger partial charge in [-0.15, -0.1) is 0 Å².